The Morgan fingerprint density at radius 3 is 2.65 bits per heavy atom. The Morgan fingerprint density at radius 2 is 2.00 bits per heavy atom. The second-order valence-electron chi connectivity index (χ2n) is 4.64. The zero-order valence-electron chi connectivity index (χ0n) is 12.1. The van der Waals surface area contributed by atoms with Crippen LogP contribution in [-0.2, 0) is 6.61 Å². The van der Waals surface area contributed by atoms with Crippen LogP contribution in [0.1, 0.15) is 5.56 Å². The molecule has 3 aromatic rings. The van der Waals surface area contributed by atoms with E-state index < -0.39 is 0 Å². The van der Waals surface area contributed by atoms with Crippen LogP contribution in [0.25, 0.3) is 11.4 Å². The van der Waals surface area contributed by atoms with Gasteiger partial charge in [0.2, 0.25) is 5.82 Å². The van der Waals surface area contributed by atoms with Crippen molar-refractivity contribution in [3.05, 3.63) is 52.8 Å². The molecule has 8 heteroatoms. The summed E-state index contributed by atoms with van der Waals surface area (Å²) in [5, 5.41) is 14.0. The normalized spacial score (nSPS) is 10.6. The van der Waals surface area contributed by atoms with Crippen LogP contribution in [0, 0.1) is 5.82 Å². The molecule has 0 bridgehead atoms. The van der Waals surface area contributed by atoms with E-state index >= 15 is 0 Å². The standard InChI is InChI=1S/C15H12ClFN4O2/c1-22-13-7-10(15-18-20-21-19-15)6-12(16)14(13)23-8-9-2-4-11(17)5-3-9/h2-7H,8H2,1H3,(H,18,19,20,21). The van der Waals surface area contributed by atoms with Gasteiger partial charge >= 0.3 is 0 Å². The predicted molar refractivity (Wildman–Crippen MR) is 81.9 cm³/mol. The quantitative estimate of drug-likeness (QED) is 0.775. The maximum absolute atomic E-state index is 12.9. The average Bonchev–Trinajstić information content (AvgIpc) is 3.09. The molecule has 0 atom stereocenters. The number of hydrogen-bond acceptors (Lipinski definition) is 5. The number of nitrogens with one attached hydrogen (secondary N) is 1. The summed E-state index contributed by atoms with van der Waals surface area (Å²) in [6.07, 6.45) is 0. The smallest absolute Gasteiger partial charge is 0.204 e. The summed E-state index contributed by atoms with van der Waals surface area (Å²) in [5.74, 6) is 0.939. The van der Waals surface area contributed by atoms with Gasteiger partial charge < -0.3 is 9.47 Å². The molecule has 0 fully saturated rings. The molecule has 3 rings (SSSR count). The van der Waals surface area contributed by atoms with Crippen LogP contribution in [0.3, 0.4) is 0 Å². The molecule has 1 N–H and O–H groups in total. The molecule has 0 aliphatic carbocycles. The van der Waals surface area contributed by atoms with E-state index in [1.165, 1.54) is 19.2 Å². The van der Waals surface area contributed by atoms with Crippen molar-refractivity contribution in [2.45, 2.75) is 6.61 Å². The maximum Gasteiger partial charge on any atom is 0.204 e. The van der Waals surface area contributed by atoms with Crippen LogP contribution in [-0.4, -0.2) is 27.7 Å². The molecule has 0 amide bonds. The third kappa shape index (κ3) is 3.40. The number of aromatic nitrogens is 4. The molecule has 2 aromatic carbocycles. The number of tetrazole rings is 1. The fraction of sp³-hybridized carbons (Fsp3) is 0.133. The number of H-pyrrole nitrogens is 1. The lowest BCUT2D eigenvalue weighted by atomic mass is 10.2. The molecule has 6 nitrogen and oxygen atoms in total. The molecular formula is C15H12ClFN4O2. The van der Waals surface area contributed by atoms with Gasteiger partial charge in [0.25, 0.3) is 0 Å². The number of ether oxygens (including phenoxy) is 2. The van der Waals surface area contributed by atoms with E-state index in [1.54, 1.807) is 24.3 Å². The van der Waals surface area contributed by atoms with Crippen molar-refractivity contribution in [3.8, 4) is 22.9 Å². The Kier molecular flexibility index (Phi) is 4.38. The molecule has 0 saturated heterocycles. The minimum Gasteiger partial charge on any atom is -0.493 e. The van der Waals surface area contributed by atoms with E-state index in [0.29, 0.717) is 27.9 Å². The molecule has 0 aliphatic rings. The number of rotatable bonds is 5. The van der Waals surface area contributed by atoms with E-state index in [4.69, 9.17) is 21.1 Å². The Labute approximate surface area is 136 Å². The van der Waals surface area contributed by atoms with Crippen molar-refractivity contribution >= 4 is 11.6 Å². The minimum atomic E-state index is -0.297. The summed E-state index contributed by atoms with van der Waals surface area (Å²) in [5.41, 5.74) is 1.46. The summed E-state index contributed by atoms with van der Waals surface area (Å²) < 4.78 is 23.9. The highest BCUT2D eigenvalue weighted by molar-refractivity contribution is 6.32. The second kappa shape index (κ2) is 6.62. The molecule has 23 heavy (non-hydrogen) atoms. The number of nitrogens with zero attached hydrogens (tertiary/aromatic N) is 3. The zero-order valence-corrected chi connectivity index (χ0v) is 12.8. The number of methoxy groups -OCH3 is 1. The van der Waals surface area contributed by atoms with Crippen molar-refractivity contribution in [2.75, 3.05) is 7.11 Å². The van der Waals surface area contributed by atoms with Crippen molar-refractivity contribution in [1.82, 2.24) is 20.6 Å². The van der Waals surface area contributed by atoms with Gasteiger partial charge in [-0.1, -0.05) is 23.7 Å². The molecule has 0 aliphatic heterocycles. The highest BCUT2D eigenvalue weighted by Crippen LogP contribution is 2.39. The molecule has 0 unspecified atom stereocenters. The van der Waals surface area contributed by atoms with E-state index in [1.807, 2.05) is 0 Å². The van der Waals surface area contributed by atoms with Gasteiger partial charge in [-0.2, -0.15) is 5.21 Å². The summed E-state index contributed by atoms with van der Waals surface area (Å²) in [6, 6.07) is 9.40. The van der Waals surface area contributed by atoms with Gasteiger partial charge in [-0.15, -0.1) is 10.2 Å². The molecule has 0 saturated carbocycles. The second-order valence-corrected chi connectivity index (χ2v) is 5.05. The lowest BCUT2D eigenvalue weighted by molar-refractivity contribution is 0.284. The minimum absolute atomic E-state index is 0.234. The molecule has 1 aromatic heterocycles. The summed E-state index contributed by atoms with van der Waals surface area (Å²) in [6.45, 7) is 0.234. The number of halogens is 2. The topological polar surface area (TPSA) is 72.9 Å². The van der Waals surface area contributed by atoms with Crippen molar-refractivity contribution in [2.24, 2.45) is 0 Å². The fourth-order valence-electron chi connectivity index (χ4n) is 2.01. The van der Waals surface area contributed by atoms with Crippen LogP contribution < -0.4 is 9.47 Å². The van der Waals surface area contributed by atoms with E-state index in [2.05, 4.69) is 20.6 Å². The maximum atomic E-state index is 12.9. The summed E-state index contributed by atoms with van der Waals surface area (Å²) in [4.78, 5) is 0. The summed E-state index contributed by atoms with van der Waals surface area (Å²) >= 11 is 6.27. The van der Waals surface area contributed by atoms with Crippen LogP contribution >= 0.6 is 11.6 Å². The van der Waals surface area contributed by atoms with Gasteiger partial charge in [0.15, 0.2) is 11.5 Å². The van der Waals surface area contributed by atoms with E-state index in [0.717, 1.165) is 5.56 Å². The first kappa shape index (κ1) is 15.2. The predicted octanol–water partition coefficient (Wildman–Crippen LogP) is 3.25. The van der Waals surface area contributed by atoms with Gasteiger partial charge in [-0.05, 0) is 35.0 Å². The van der Waals surface area contributed by atoms with Gasteiger partial charge in [0, 0.05) is 5.56 Å². The van der Waals surface area contributed by atoms with E-state index in [9.17, 15) is 4.39 Å². The molecular weight excluding hydrogens is 323 g/mol. The van der Waals surface area contributed by atoms with Gasteiger partial charge in [0.1, 0.15) is 12.4 Å². The first-order chi connectivity index (χ1) is 11.2. The monoisotopic (exact) mass is 334 g/mol. The van der Waals surface area contributed by atoms with Crippen molar-refractivity contribution in [3.63, 3.8) is 0 Å². The van der Waals surface area contributed by atoms with Crippen LogP contribution in [0.5, 0.6) is 11.5 Å². The summed E-state index contributed by atoms with van der Waals surface area (Å²) in [7, 11) is 1.51. The van der Waals surface area contributed by atoms with Gasteiger partial charge in [-0.25, -0.2) is 4.39 Å². The number of aromatic amines is 1. The Hall–Kier alpha value is -2.67. The zero-order chi connectivity index (χ0) is 16.2. The fourth-order valence-corrected chi connectivity index (χ4v) is 2.27. The third-order valence-electron chi connectivity index (χ3n) is 3.13. The third-order valence-corrected chi connectivity index (χ3v) is 3.41. The molecule has 1 heterocycles. The first-order valence-electron chi connectivity index (χ1n) is 6.66. The lowest BCUT2D eigenvalue weighted by Gasteiger charge is -2.13. The Morgan fingerprint density at radius 1 is 1.22 bits per heavy atom. The molecule has 0 spiro atoms. The largest absolute Gasteiger partial charge is 0.493 e. The van der Waals surface area contributed by atoms with Crippen LogP contribution in [0.2, 0.25) is 5.02 Å². The Bertz CT molecular complexity index is 794. The van der Waals surface area contributed by atoms with Crippen molar-refractivity contribution in [1.29, 1.82) is 0 Å². The SMILES string of the molecule is COc1cc(-c2nn[nH]n2)cc(Cl)c1OCc1ccc(F)cc1. The van der Waals surface area contributed by atoms with Crippen LogP contribution in [0.4, 0.5) is 4.39 Å². The van der Waals surface area contributed by atoms with Gasteiger partial charge in [-0.3, -0.25) is 0 Å². The lowest BCUT2D eigenvalue weighted by Crippen LogP contribution is -1.99. The Balaban J connectivity index is 1.85. The molecule has 118 valence electrons. The van der Waals surface area contributed by atoms with Crippen LogP contribution in [0.15, 0.2) is 36.4 Å². The number of hydrogen-bond donors (Lipinski definition) is 1. The van der Waals surface area contributed by atoms with E-state index in [-0.39, 0.29) is 12.4 Å². The highest BCUT2D eigenvalue weighted by Gasteiger charge is 2.15. The first-order valence-corrected chi connectivity index (χ1v) is 7.04. The van der Waals surface area contributed by atoms with Crippen molar-refractivity contribution < 1.29 is 13.9 Å². The van der Waals surface area contributed by atoms with Gasteiger partial charge in [0.05, 0.1) is 12.1 Å². The average molecular weight is 335 g/mol. The molecule has 0 radical (unpaired) electrons. The number of benzene rings is 2. The highest BCUT2D eigenvalue weighted by atomic mass is 35.5.